The third-order valence-electron chi connectivity index (χ3n) is 3.58. The minimum atomic E-state index is -0.172. The summed E-state index contributed by atoms with van der Waals surface area (Å²) < 4.78 is 9.91. The first-order chi connectivity index (χ1) is 8.99. The van der Waals surface area contributed by atoms with Crippen LogP contribution in [0, 0.1) is 5.92 Å². The highest BCUT2D eigenvalue weighted by atomic mass is 16.5. The fourth-order valence-corrected chi connectivity index (χ4v) is 1.93. The lowest BCUT2D eigenvalue weighted by Crippen LogP contribution is -2.37. The average molecular weight is 265 g/mol. The molecule has 0 fully saturated rings. The fraction of sp³-hybridized carbons (Fsp3) is 0.533. The number of carbonyl (C=O) groups is 1. The molecule has 106 valence electrons. The molecule has 0 bridgehead atoms. The molecule has 0 saturated carbocycles. The maximum atomic E-state index is 11.5. The molecular formula is C15H23NO3. The predicted molar refractivity (Wildman–Crippen MR) is 75.1 cm³/mol. The van der Waals surface area contributed by atoms with E-state index in [9.17, 15) is 4.79 Å². The Morgan fingerprint density at radius 3 is 2.26 bits per heavy atom. The molecule has 0 spiro atoms. The van der Waals surface area contributed by atoms with Crippen LogP contribution in [-0.4, -0.2) is 38.2 Å². The molecule has 0 aliphatic rings. The predicted octanol–water partition coefficient (Wildman–Crippen LogP) is 2.32. The van der Waals surface area contributed by atoms with E-state index >= 15 is 0 Å². The number of rotatable bonds is 6. The lowest BCUT2D eigenvalue weighted by Gasteiger charge is -2.28. The quantitative estimate of drug-likeness (QED) is 0.740. The number of ether oxygens (including phenoxy) is 2. The van der Waals surface area contributed by atoms with Gasteiger partial charge >= 0.3 is 5.97 Å². The second kappa shape index (κ2) is 7.14. The van der Waals surface area contributed by atoms with Gasteiger partial charge < -0.3 is 9.47 Å². The van der Waals surface area contributed by atoms with Gasteiger partial charge in [-0.15, -0.1) is 0 Å². The van der Waals surface area contributed by atoms with Crippen molar-refractivity contribution < 1.29 is 14.3 Å². The molecule has 0 aliphatic heterocycles. The van der Waals surface area contributed by atoms with Crippen molar-refractivity contribution in [3.8, 4) is 5.75 Å². The summed E-state index contributed by atoms with van der Waals surface area (Å²) in [5.41, 5.74) is 1.19. The van der Waals surface area contributed by atoms with Crippen LogP contribution in [0.4, 0.5) is 0 Å². The summed E-state index contributed by atoms with van der Waals surface area (Å²) in [5.74, 6) is 0.532. The third kappa shape index (κ3) is 4.24. The molecule has 0 amide bonds. The standard InChI is InChI=1S/C15H23NO3/c1-11(15(17)19-5)12(2)16(3)10-13-6-8-14(18-4)9-7-13/h6-9,11-12H,10H2,1-5H3/t11?,12-/m1/s1. The molecule has 0 radical (unpaired) electrons. The second-order valence-electron chi connectivity index (χ2n) is 4.82. The van der Waals surface area contributed by atoms with Crippen LogP contribution in [0.2, 0.25) is 0 Å². The Labute approximate surface area is 115 Å². The summed E-state index contributed by atoms with van der Waals surface area (Å²) in [6, 6.07) is 8.07. The van der Waals surface area contributed by atoms with Gasteiger partial charge in [-0.3, -0.25) is 9.69 Å². The summed E-state index contributed by atoms with van der Waals surface area (Å²) in [7, 11) is 5.09. The summed E-state index contributed by atoms with van der Waals surface area (Å²) in [4.78, 5) is 13.7. The van der Waals surface area contributed by atoms with Gasteiger partial charge in [0.15, 0.2) is 0 Å². The molecule has 0 saturated heterocycles. The molecule has 1 rings (SSSR count). The number of hydrogen-bond donors (Lipinski definition) is 0. The molecule has 0 N–H and O–H groups in total. The molecule has 4 nitrogen and oxygen atoms in total. The van der Waals surface area contributed by atoms with Crippen LogP contribution in [-0.2, 0) is 16.1 Å². The van der Waals surface area contributed by atoms with Crippen LogP contribution in [0.15, 0.2) is 24.3 Å². The lowest BCUT2D eigenvalue weighted by atomic mass is 10.0. The number of methoxy groups -OCH3 is 2. The Hall–Kier alpha value is -1.55. The second-order valence-corrected chi connectivity index (χ2v) is 4.82. The molecule has 0 aromatic heterocycles. The van der Waals surface area contributed by atoms with Gasteiger partial charge in [0.2, 0.25) is 0 Å². The van der Waals surface area contributed by atoms with Crippen molar-refractivity contribution in [2.24, 2.45) is 5.92 Å². The van der Waals surface area contributed by atoms with Crippen LogP contribution in [0.3, 0.4) is 0 Å². The van der Waals surface area contributed by atoms with E-state index in [-0.39, 0.29) is 17.9 Å². The van der Waals surface area contributed by atoms with Crippen LogP contribution in [0.1, 0.15) is 19.4 Å². The maximum absolute atomic E-state index is 11.5. The van der Waals surface area contributed by atoms with Crippen molar-refractivity contribution in [1.82, 2.24) is 4.90 Å². The summed E-state index contributed by atoms with van der Waals surface area (Å²) >= 11 is 0. The van der Waals surface area contributed by atoms with E-state index in [2.05, 4.69) is 4.90 Å². The number of benzene rings is 1. The van der Waals surface area contributed by atoms with Gasteiger partial charge in [-0.05, 0) is 31.7 Å². The normalized spacial score (nSPS) is 14.0. The zero-order valence-electron chi connectivity index (χ0n) is 12.3. The molecule has 1 aromatic carbocycles. The Bertz CT molecular complexity index is 402. The molecule has 0 heterocycles. The highest BCUT2D eigenvalue weighted by Gasteiger charge is 2.24. The summed E-state index contributed by atoms with van der Waals surface area (Å²) in [5, 5.41) is 0. The Kier molecular flexibility index (Phi) is 5.83. The van der Waals surface area contributed by atoms with Gasteiger partial charge in [-0.2, -0.15) is 0 Å². The molecular weight excluding hydrogens is 242 g/mol. The van der Waals surface area contributed by atoms with Crippen molar-refractivity contribution in [2.45, 2.75) is 26.4 Å². The van der Waals surface area contributed by atoms with Crippen LogP contribution in [0.5, 0.6) is 5.75 Å². The summed E-state index contributed by atoms with van der Waals surface area (Å²) in [6.45, 7) is 4.71. The van der Waals surface area contributed by atoms with Crippen molar-refractivity contribution in [3.05, 3.63) is 29.8 Å². The first-order valence-electron chi connectivity index (χ1n) is 6.40. The van der Waals surface area contributed by atoms with Gasteiger partial charge in [-0.1, -0.05) is 19.1 Å². The number of hydrogen-bond acceptors (Lipinski definition) is 4. The van der Waals surface area contributed by atoms with Crippen molar-refractivity contribution in [3.63, 3.8) is 0 Å². The Morgan fingerprint density at radius 2 is 1.79 bits per heavy atom. The van der Waals surface area contributed by atoms with Crippen LogP contribution in [0.25, 0.3) is 0 Å². The molecule has 19 heavy (non-hydrogen) atoms. The monoisotopic (exact) mass is 265 g/mol. The van der Waals surface area contributed by atoms with Crippen LogP contribution >= 0.6 is 0 Å². The first kappa shape index (κ1) is 15.5. The van der Waals surface area contributed by atoms with E-state index in [1.54, 1.807) is 7.11 Å². The van der Waals surface area contributed by atoms with E-state index in [1.165, 1.54) is 12.7 Å². The summed E-state index contributed by atoms with van der Waals surface area (Å²) in [6.07, 6.45) is 0. The van der Waals surface area contributed by atoms with Gasteiger partial charge in [0.05, 0.1) is 20.1 Å². The highest BCUT2D eigenvalue weighted by molar-refractivity contribution is 5.72. The van der Waals surface area contributed by atoms with E-state index < -0.39 is 0 Å². The molecule has 1 aromatic rings. The minimum absolute atomic E-state index is 0.120. The first-order valence-corrected chi connectivity index (χ1v) is 6.40. The molecule has 1 unspecified atom stereocenters. The van der Waals surface area contributed by atoms with E-state index in [4.69, 9.17) is 9.47 Å². The Morgan fingerprint density at radius 1 is 1.21 bits per heavy atom. The van der Waals surface area contributed by atoms with Crippen LogP contribution < -0.4 is 4.74 Å². The minimum Gasteiger partial charge on any atom is -0.497 e. The smallest absolute Gasteiger partial charge is 0.309 e. The van der Waals surface area contributed by atoms with Crippen molar-refractivity contribution >= 4 is 5.97 Å². The van der Waals surface area contributed by atoms with E-state index in [0.717, 1.165) is 12.3 Å². The van der Waals surface area contributed by atoms with Crippen molar-refractivity contribution in [1.29, 1.82) is 0 Å². The Balaban J connectivity index is 2.62. The molecule has 2 atom stereocenters. The van der Waals surface area contributed by atoms with E-state index in [0.29, 0.717) is 0 Å². The molecule has 4 heteroatoms. The van der Waals surface area contributed by atoms with E-state index in [1.807, 2.05) is 45.2 Å². The van der Waals surface area contributed by atoms with Gasteiger partial charge in [-0.25, -0.2) is 0 Å². The SMILES string of the molecule is COC(=O)C(C)[C@@H](C)N(C)Cc1ccc(OC)cc1. The zero-order chi connectivity index (χ0) is 14.4. The highest BCUT2D eigenvalue weighted by Crippen LogP contribution is 2.16. The van der Waals surface area contributed by atoms with Gasteiger partial charge in [0.25, 0.3) is 0 Å². The zero-order valence-corrected chi connectivity index (χ0v) is 12.3. The lowest BCUT2D eigenvalue weighted by molar-refractivity contribution is -0.146. The van der Waals surface area contributed by atoms with Gasteiger partial charge in [0, 0.05) is 12.6 Å². The number of nitrogens with zero attached hydrogens (tertiary/aromatic N) is 1. The number of carbonyl (C=O) groups excluding carboxylic acids is 1. The topological polar surface area (TPSA) is 38.8 Å². The van der Waals surface area contributed by atoms with Gasteiger partial charge in [0.1, 0.15) is 5.75 Å². The maximum Gasteiger partial charge on any atom is 0.309 e. The number of esters is 1. The van der Waals surface area contributed by atoms with Crippen molar-refractivity contribution in [2.75, 3.05) is 21.3 Å². The molecule has 0 aliphatic carbocycles. The largest absolute Gasteiger partial charge is 0.497 e. The fourth-order valence-electron chi connectivity index (χ4n) is 1.93. The average Bonchev–Trinajstić information content (AvgIpc) is 2.45. The third-order valence-corrected chi connectivity index (χ3v) is 3.58.